The first-order chi connectivity index (χ1) is 7.59. The van der Waals surface area contributed by atoms with Gasteiger partial charge in [-0.25, -0.2) is 4.98 Å². The second kappa shape index (κ2) is 6.51. The first-order valence-electron chi connectivity index (χ1n) is 4.53. The summed E-state index contributed by atoms with van der Waals surface area (Å²) in [6.45, 7) is 1.50. The van der Waals surface area contributed by atoms with Crippen molar-refractivity contribution in [3.63, 3.8) is 0 Å². The molecule has 0 bridgehead atoms. The minimum Gasteiger partial charge on any atom is -0.288 e. The predicted octanol–water partition coefficient (Wildman–Crippen LogP) is 2.90. The van der Waals surface area contributed by atoms with Gasteiger partial charge in [0, 0.05) is 25.3 Å². The van der Waals surface area contributed by atoms with E-state index in [1.807, 2.05) is 0 Å². The van der Waals surface area contributed by atoms with Crippen LogP contribution in [0.15, 0.2) is 12.3 Å². The van der Waals surface area contributed by atoms with Crippen LogP contribution in [-0.2, 0) is 4.79 Å². The van der Waals surface area contributed by atoms with Crippen molar-refractivity contribution in [2.75, 3.05) is 5.75 Å². The van der Waals surface area contributed by atoms with Gasteiger partial charge in [0.25, 0.3) is 0 Å². The van der Waals surface area contributed by atoms with Gasteiger partial charge in [0.2, 0.25) is 5.95 Å². The molecule has 1 heterocycles. The summed E-state index contributed by atoms with van der Waals surface area (Å²) in [5.41, 5.74) is 0.181. The molecule has 0 unspecified atom stereocenters. The van der Waals surface area contributed by atoms with Gasteiger partial charge in [-0.05, 0) is 6.07 Å². The molecule has 0 amide bonds. The molecular formula is C11H9ClFNOS. The van der Waals surface area contributed by atoms with E-state index in [0.717, 1.165) is 0 Å². The average Bonchev–Trinajstić information content (AvgIpc) is 2.22. The Morgan fingerprint density at radius 3 is 3.12 bits per heavy atom. The maximum absolute atomic E-state index is 13.1. The Hall–Kier alpha value is -1.05. The second-order valence-electron chi connectivity index (χ2n) is 2.88. The maximum atomic E-state index is 13.1. The lowest BCUT2D eigenvalue weighted by Crippen LogP contribution is -1.88. The summed E-state index contributed by atoms with van der Waals surface area (Å²) in [6, 6.07) is 1.43. The molecule has 2 nitrogen and oxygen atoms in total. The monoisotopic (exact) mass is 257 g/mol. The Balaban J connectivity index is 2.56. The van der Waals surface area contributed by atoms with Crippen molar-refractivity contribution in [2.24, 2.45) is 0 Å². The number of hydrogen-bond acceptors (Lipinski definition) is 3. The average molecular weight is 258 g/mol. The van der Waals surface area contributed by atoms with Gasteiger partial charge in [-0.2, -0.15) is 4.39 Å². The van der Waals surface area contributed by atoms with Gasteiger partial charge in [0.15, 0.2) is 5.12 Å². The summed E-state index contributed by atoms with van der Waals surface area (Å²) in [5, 5.41) is 0.404. The van der Waals surface area contributed by atoms with E-state index in [9.17, 15) is 9.18 Å². The molecule has 0 spiro atoms. The summed E-state index contributed by atoms with van der Waals surface area (Å²) >= 11 is 6.85. The first-order valence-corrected chi connectivity index (χ1v) is 5.89. The van der Waals surface area contributed by atoms with Crippen LogP contribution in [-0.4, -0.2) is 15.9 Å². The number of thioether (sulfide) groups is 1. The third kappa shape index (κ3) is 4.65. The van der Waals surface area contributed by atoms with Crippen LogP contribution >= 0.6 is 23.4 Å². The molecule has 1 aromatic rings. The van der Waals surface area contributed by atoms with Crippen LogP contribution in [0.2, 0.25) is 5.02 Å². The van der Waals surface area contributed by atoms with Crippen LogP contribution in [0.1, 0.15) is 18.9 Å². The Morgan fingerprint density at radius 1 is 1.69 bits per heavy atom. The third-order valence-corrected chi connectivity index (χ3v) is 2.58. The third-order valence-electron chi connectivity index (χ3n) is 1.56. The van der Waals surface area contributed by atoms with Crippen molar-refractivity contribution in [1.82, 2.24) is 4.98 Å². The number of pyridine rings is 1. The predicted molar refractivity (Wildman–Crippen MR) is 63.8 cm³/mol. The molecule has 0 N–H and O–H groups in total. The van der Waals surface area contributed by atoms with Crippen LogP contribution in [0.5, 0.6) is 0 Å². The van der Waals surface area contributed by atoms with Crippen molar-refractivity contribution in [3.8, 4) is 11.8 Å². The van der Waals surface area contributed by atoms with Crippen molar-refractivity contribution >= 4 is 28.5 Å². The molecule has 0 fully saturated rings. The number of rotatable bonds is 2. The number of hydrogen-bond donors (Lipinski definition) is 0. The number of halogens is 2. The molecule has 0 aliphatic carbocycles. The SMILES string of the molecule is CC(=O)SCCC#Cc1cc(Cl)cnc1F. The van der Waals surface area contributed by atoms with Crippen molar-refractivity contribution in [1.29, 1.82) is 0 Å². The van der Waals surface area contributed by atoms with Gasteiger partial charge in [0.1, 0.15) is 0 Å². The zero-order chi connectivity index (χ0) is 12.0. The minimum absolute atomic E-state index is 0.0532. The lowest BCUT2D eigenvalue weighted by Gasteiger charge is -1.93. The molecule has 0 radical (unpaired) electrons. The summed E-state index contributed by atoms with van der Waals surface area (Å²) in [5.74, 6) is 5.37. The van der Waals surface area contributed by atoms with Crippen LogP contribution in [0.3, 0.4) is 0 Å². The highest BCUT2D eigenvalue weighted by molar-refractivity contribution is 8.13. The molecule has 0 aliphatic rings. The normalized spacial score (nSPS) is 9.44. The van der Waals surface area contributed by atoms with Gasteiger partial charge >= 0.3 is 0 Å². The van der Waals surface area contributed by atoms with E-state index in [4.69, 9.17) is 11.6 Å². The molecule has 84 valence electrons. The molecule has 0 saturated carbocycles. The van der Waals surface area contributed by atoms with E-state index in [-0.39, 0.29) is 10.7 Å². The molecule has 0 aliphatic heterocycles. The maximum Gasteiger partial charge on any atom is 0.228 e. The van der Waals surface area contributed by atoms with E-state index >= 15 is 0 Å². The topological polar surface area (TPSA) is 30.0 Å². The largest absolute Gasteiger partial charge is 0.288 e. The quantitative estimate of drug-likeness (QED) is 0.464. The standard InChI is InChI=1S/C11H9ClFNOS/c1-8(15)16-5-3-2-4-9-6-10(12)7-14-11(9)13/h6-7H,3,5H2,1H3. The summed E-state index contributed by atoms with van der Waals surface area (Å²) in [6.07, 6.45) is 1.75. The highest BCUT2D eigenvalue weighted by Crippen LogP contribution is 2.11. The molecular weight excluding hydrogens is 249 g/mol. The summed E-state index contributed by atoms with van der Waals surface area (Å²) in [7, 11) is 0. The van der Waals surface area contributed by atoms with Crippen LogP contribution in [0.25, 0.3) is 0 Å². The van der Waals surface area contributed by atoms with Crippen molar-refractivity contribution < 1.29 is 9.18 Å². The zero-order valence-corrected chi connectivity index (χ0v) is 10.2. The van der Waals surface area contributed by atoms with Gasteiger partial charge in [-0.1, -0.05) is 35.2 Å². The van der Waals surface area contributed by atoms with Gasteiger partial charge < -0.3 is 0 Å². The molecule has 1 aromatic heterocycles. The smallest absolute Gasteiger partial charge is 0.228 e. The van der Waals surface area contributed by atoms with E-state index in [1.54, 1.807) is 0 Å². The fourth-order valence-electron chi connectivity index (χ4n) is 0.914. The van der Waals surface area contributed by atoms with E-state index in [0.29, 0.717) is 17.2 Å². The minimum atomic E-state index is -0.629. The highest BCUT2D eigenvalue weighted by atomic mass is 35.5. The fraction of sp³-hybridized carbons (Fsp3) is 0.273. The number of carbonyl (C=O) groups excluding carboxylic acids is 1. The first kappa shape index (κ1) is 13.0. The molecule has 0 aromatic carbocycles. The Labute approximate surface area is 103 Å². The Bertz CT molecular complexity index is 453. The molecule has 0 atom stereocenters. The molecule has 5 heteroatoms. The van der Waals surface area contributed by atoms with Crippen LogP contribution < -0.4 is 0 Å². The summed E-state index contributed by atoms with van der Waals surface area (Å²) in [4.78, 5) is 14.0. The number of aromatic nitrogens is 1. The molecule has 16 heavy (non-hydrogen) atoms. The van der Waals surface area contributed by atoms with Crippen molar-refractivity contribution in [2.45, 2.75) is 13.3 Å². The second-order valence-corrected chi connectivity index (χ2v) is 4.59. The zero-order valence-electron chi connectivity index (χ0n) is 8.59. The van der Waals surface area contributed by atoms with E-state index in [2.05, 4.69) is 16.8 Å². The van der Waals surface area contributed by atoms with Gasteiger partial charge in [-0.3, -0.25) is 4.79 Å². The van der Waals surface area contributed by atoms with Gasteiger partial charge in [-0.15, -0.1) is 0 Å². The number of carbonyl (C=O) groups is 1. The van der Waals surface area contributed by atoms with E-state index in [1.165, 1.54) is 30.9 Å². The van der Waals surface area contributed by atoms with E-state index < -0.39 is 5.95 Å². The fourth-order valence-corrected chi connectivity index (χ4v) is 1.56. The Kier molecular flexibility index (Phi) is 5.30. The Morgan fingerprint density at radius 2 is 2.44 bits per heavy atom. The highest BCUT2D eigenvalue weighted by Gasteiger charge is 2.00. The lowest BCUT2D eigenvalue weighted by atomic mass is 10.3. The van der Waals surface area contributed by atoms with Crippen LogP contribution in [0, 0.1) is 17.8 Å². The summed E-state index contributed by atoms with van der Waals surface area (Å²) < 4.78 is 13.1. The number of nitrogens with zero attached hydrogens (tertiary/aromatic N) is 1. The van der Waals surface area contributed by atoms with Gasteiger partial charge in [0.05, 0.1) is 10.6 Å². The molecule has 1 rings (SSSR count). The van der Waals surface area contributed by atoms with Crippen LogP contribution in [0.4, 0.5) is 4.39 Å². The lowest BCUT2D eigenvalue weighted by molar-refractivity contribution is -0.109. The van der Waals surface area contributed by atoms with Crippen molar-refractivity contribution in [3.05, 3.63) is 28.8 Å². The molecule has 0 saturated heterocycles.